The molecule has 3 rings (SSSR count). The predicted octanol–water partition coefficient (Wildman–Crippen LogP) is -0.176. The molecular weight excluding hydrogens is 330 g/mol. The van der Waals surface area contributed by atoms with Crippen molar-refractivity contribution in [2.24, 2.45) is 0 Å². The van der Waals surface area contributed by atoms with Crippen molar-refractivity contribution in [1.82, 2.24) is 24.9 Å². The first-order valence-corrected chi connectivity index (χ1v) is 10.3. The number of amides is 2. The van der Waals surface area contributed by atoms with Crippen molar-refractivity contribution in [3.8, 4) is 0 Å². The van der Waals surface area contributed by atoms with Gasteiger partial charge in [-0.25, -0.2) is 0 Å². The first-order valence-electron chi connectivity index (χ1n) is 10.3. The smallest absolute Gasteiger partial charge is 0.239 e. The fraction of sp³-hybridized carbons (Fsp3) is 0.895. The molecule has 7 heteroatoms. The third-order valence-electron chi connectivity index (χ3n) is 6.24. The lowest BCUT2D eigenvalue weighted by Crippen LogP contribution is -2.59. The first kappa shape index (κ1) is 19.6. The summed E-state index contributed by atoms with van der Waals surface area (Å²) in [5, 5.41) is 3.10. The van der Waals surface area contributed by atoms with E-state index in [1.807, 2.05) is 18.7 Å². The molecule has 0 aromatic carbocycles. The zero-order valence-electron chi connectivity index (χ0n) is 16.6. The van der Waals surface area contributed by atoms with E-state index in [0.717, 1.165) is 71.7 Å². The van der Waals surface area contributed by atoms with Crippen LogP contribution >= 0.6 is 0 Å². The van der Waals surface area contributed by atoms with Crippen LogP contribution < -0.4 is 5.32 Å². The van der Waals surface area contributed by atoms with Gasteiger partial charge in [0, 0.05) is 58.4 Å². The van der Waals surface area contributed by atoms with E-state index in [0.29, 0.717) is 6.04 Å². The van der Waals surface area contributed by atoms with E-state index in [1.165, 1.54) is 0 Å². The summed E-state index contributed by atoms with van der Waals surface area (Å²) in [7, 11) is 0. The van der Waals surface area contributed by atoms with Crippen LogP contribution in [-0.4, -0.2) is 108 Å². The molecule has 2 atom stereocenters. The molecule has 2 unspecified atom stereocenters. The molecule has 0 aromatic rings. The number of hydrogen-bond acceptors (Lipinski definition) is 5. The summed E-state index contributed by atoms with van der Waals surface area (Å²) in [5.74, 6) is 0.410. The molecule has 0 radical (unpaired) electrons. The summed E-state index contributed by atoms with van der Waals surface area (Å²) in [4.78, 5) is 34.0. The summed E-state index contributed by atoms with van der Waals surface area (Å²) in [6.07, 6.45) is 2.25. The van der Waals surface area contributed by atoms with Gasteiger partial charge in [0.2, 0.25) is 11.8 Å². The average molecular weight is 366 g/mol. The third-order valence-corrected chi connectivity index (χ3v) is 6.24. The fourth-order valence-electron chi connectivity index (χ4n) is 3.93. The highest BCUT2D eigenvalue weighted by Crippen LogP contribution is 2.19. The fourth-order valence-corrected chi connectivity index (χ4v) is 3.93. The van der Waals surface area contributed by atoms with Gasteiger partial charge in [-0.05, 0) is 33.2 Å². The molecule has 1 N–H and O–H groups in total. The highest BCUT2D eigenvalue weighted by Gasteiger charge is 2.33. The summed E-state index contributed by atoms with van der Waals surface area (Å²) in [6, 6.07) is 0.267. The van der Waals surface area contributed by atoms with Crippen molar-refractivity contribution in [3.05, 3.63) is 0 Å². The van der Waals surface area contributed by atoms with Crippen molar-refractivity contribution >= 4 is 11.8 Å². The second-order valence-corrected chi connectivity index (χ2v) is 7.97. The zero-order chi connectivity index (χ0) is 18.7. The number of hydrogen-bond donors (Lipinski definition) is 1. The van der Waals surface area contributed by atoms with E-state index in [4.69, 9.17) is 0 Å². The van der Waals surface area contributed by atoms with Gasteiger partial charge in [0.1, 0.15) is 0 Å². The molecule has 26 heavy (non-hydrogen) atoms. The molecule has 2 heterocycles. The minimum atomic E-state index is -0.0779. The first-order chi connectivity index (χ1) is 12.5. The van der Waals surface area contributed by atoms with Gasteiger partial charge in [-0.2, -0.15) is 0 Å². The van der Waals surface area contributed by atoms with Crippen molar-refractivity contribution < 1.29 is 9.59 Å². The lowest BCUT2D eigenvalue weighted by atomic mass is 10.1. The molecule has 0 spiro atoms. The molecule has 0 aromatic heterocycles. The van der Waals surface area contributed by atoms with Crippen molar-refractivity contribution in [2.75, 3.05) is 58.9 Å². The minimum Gasteiger partial charge on any atom is -0.352 e. The Hall–Kier alpha value is -1.18. The van der Waals surface area contributed by atoms with Crippen LogP contribution in [0.5, 0.6) is 0 Å². The van der Waals surface area contributed by atoms with Crippen LogP contribution in [0.3, 0.4) is 0 Å². The number of carbonyl (C=O) groups excluding carboxylic acids is 2. The molecular formula is C19H35N5O2. The number of carbonyl (C=O) groups is 2. The minimum absolute atomic E-state index is 0.0686. The normalized spacial score (nSPS) is 25.7. The van der Waals surface area contributed by atoms with Crippen LogP contribution in [0.15, 0.2) is 0 Å². The highest BCUT2D eigenvalue weighted by molar-refractivity contribution is 5.82. The van der Waals surface area contributed by atoms with E-state index in [9.17, 15) is 9.59 Å². The molecule has 1 aliphatic carbocycles. The molecule has 2 amide bonds. The molecule has 1 saturated carbocycles. The number of piperazine rings is 2. The van der Waals surface area contributed by atoms with Crippen molar-refractivity contribution in [3.63, 3.8) is 0 Å². The van der Waals surface area contributed by atoms with Crippen LogP contribution in [-0.2, 0) is 9.59 Å². The van der Waals surface area contributed by atoms with E-state index < -0.39 is 0 Å². The van der Waals surface area contributed by atoms with Gasteiger partial charge in [-0.1, -0.05) is 6.92 Å². The molecule has 3 aliphatic rings. The summed E-state index contributed by atoms with van der Waals surface area (Å²) >= 11 is 0. The summed E-state index contributed by atoms with van der Waals surface area (Å²) < 4.78 is 0. The average Bonchev–Trinajstić information content (AvgIpc) is 3.50. The second-order valence-electron chi connectivity index (χ2n) is 7.97. The monoisotopic (exact) mass is 365 g/mol. The molecule has 148 valence electrons. The number of rotatable bonds is 6. The van der Waals surface area contributed by atoms with Gasteiger partial charge in [0.25, 0.3) is 0 Å². The van der Waals surface area contributed by atoms with E-state index in [1.54, 1.807) is 0 Å². The Labute approximate surface area is 157 Å². The van der Waals surface area contributed by atoms with Crippen molar-refractivity contribution in [1.29, 1.82) is 0 Å². The van der Waals surface area contributed by atoms with Crippen LogP contribution in [0.1, 0.15) is 33.6 Å². The summed E-state index contributed by atoms with van der Waals surface area (Å²) in [5.41, 5.74) is 0. The SMILES string of the molecule is CCN1CCN(C(=O)C(C)N2CCN(C(C)C(=O)NC3CC3)CC2)CC1. The Morgan fingerprint density at radius 1 is 0.885 bits per heavy atom. The highest BCUT2D eigenvalue weighted by atomic mass is 16.2. The molecule has 0 bridgehead atoms. The summed E-state index contributed by atoms with van der Waals surface area (Å²) in [6.45, 7) is 14.3. The third kappa shape index (κ3) is 4.75. The van der Waals surface area contributed by atoms with Crippen molar-refractivity contribution in [2.45, 2.75) is 51.7 Å². The molecule has 3 fully saturated rings. The van der Waals surface area contributed by atoms with Gasteiger partial charge in [0.05, 0.1) is 12.1 Å². The van der Waals surface area contributed by atoms with E-state index >= 15 is 0 Å². The molecule has 2 saturated heterocycles. The van der Waals surface area contributed by atoms with Gasteiger partial charge < -0.3 is 15.1 Å². The maximum Gasteiger partial charge on any atom is 0.239 e. The Bertz CT molecular complexity index is 494. The Kier molecular flexibility index (Phi) is 6.53. The van der Waals surface area contributed by atoms with E-state index in [-0.39, 0.29) is 23.9 Å². The topological polar surface area (TPSA) is 59.1 Å². The molecule has 2 aliphatic heterocycles. The Balaban J connectivity index is 1.43. The Morgan fingerprint density at radius 2 is 1.42 bits per heavy atom. The number of nitrogens with zero attached hydrogens (tertiary/aromatic N) is 4. The van der Waals surface area contributed by atoms with Crippen LogP contribution in [0.2, 0.25) is 0 Å². The van der Waals surface area contributed by atoms with Crippen LogP contribution in [0.25, 0.3) is 0 Å². The predicted molar refractivity (Wildman–Crippen MR) is 102 cm³/mol. The Morgan fingerprint density at radius 3 is 1.92 bits per heavy atom. The maximum absolute atomic E-state index is 12.8. The van der Waals surface area contributed by atoms with Crippen LogP contribution in [0.4, 0.5) is 0 Å². The maximum atomic E-state index is 12.8. The van der Waals surface area contributed by atoms with Gasteiger partial charge in [0.15, 0.2) is 0 Å². The van der Waals surface area contributed by atoms with Crippen LogP contribution in [0, 0.1) is 0 Å². The zero-order valence-corrected chi connectivity index (χ0v) is 16.6. The second kappa shape index (κ2) is 8.67. The number of likely N-dealkylation sites (N-methyl/N-ethyl adjacent to an activating group) is 1. The van der Waals surface area contributed by atoms with Gasteiger partial charge >= 0.3 is 0 Å². The molecule has 7 nitrogen and oxygen atoms in total. The van der Waals surface area contributed by atoms with Gasteiger partial charge in [-0.15, -0.1) is 0 Å². The standard InChI is InChI=1S/C19H35N5O2/c1-4-21-7-9-24(10-8-21)19(26)16(3)23-13-11-22(12-14-23)15(2)18(25)20-17-5-6-17/h15-17H,4-14H2,1-3H3,(H,20,25). The lowest BCUT2D eigenvalue weighted by Gasteiger charge is -2.42. The quantitative estimate of drug-likeness (QED) is 0.708. The van der Waals surface area contributed by atoms with E-state index in [2.05, 4.69) is 26.9 Å². The largest absolute Gasteiger partial charge is 0.352 e. The van der Waals surface area contributed by atoms with Gasteiger partial charge in [-0.3, -0.25) is 19.4 Å². The number of nitrogens with one attached hydrogen (secondary N) is 1. The lowest BCUT2D eigenvalue weighted by molar-refractivity contribution is -0.139.